The molecule has 0 saturated carbocycles. The molecule has 0 unspecified atom stereocenters. The van der Waals surface area contributed by atoms with Gasteiger partial charge in [-0.2, -0.15) is 0 Å². The van der Waals surface area contributed by atoms with E-state index in [0.29, 0.717) is 22.9 Å². The van der Waals surface area contributed by atoms with E-state index in [1.165, 1.54) is 0 Å². The number of amides is 2. The van der Waals surface area contributed by atoms with Gasteiger partial charge in [0.2, 0.25) is 0 Å². The largest absolute Gasteiger partial charge is 0.483 e. The van der Waals surface area contributed by atoms with Crippen LogP contribution in [-0.2, 0) is 9.59 Å². The van der Waals surface area contributed by atoms with Gasteiger partial charge in [0.05, 0.1) is 5.69 Å². The van der Waals surface area contributed by atoms with Crippen LogP contribution in [0, 0.1) is 13.8 Å². The van der Waals surface area contributed by atoms with Gasteiger partial charge in [-0.25, -0.2) is 0 Å². The maximum Gasteiger partial charge on any atom is 0.265 e. The summed E-state index contributed by atoms with van der Waals surface area (Å²) in [6.07, 6.45) is -0.529. The highest BCUT2D eigenvalue weighted by atomic mass is 16.5. The molecule has 0 fully saturated rings. The van der Waals surface area contributed by atoms with Gasteiger partial charge in [0, 0.05) is 5.69 Å². The Morgan fingerprint density at radius 2 is 2.08 bits per heavy atom. The van der Waals surface area contributed by atoms with Crippen molar-refractivity contribution in [3.8, 4) is 11.5 Å². The summed E-state index contributed by atoms with van der Waals surface area (Å²) in [6.45, 7) is 5.53. The Morgan fingerprint density at radius 3 is 2.88 bits per heavy atom. The predicted octanol–water partition coefficient (Wildman–Crippen LogP) is 3.04. The monoisotopic (exact) mass is 340 g/mol. The summed E-state index contributed by atoms with van der Waals surface area (Å²) in [7, 11) is 0. The molecular weight excluding hydrogens is 320 g/mol. The number of anilines is 2. The van der Waals surface area contributed by atoms with Gasteiger partial charge in [0.1, 0.15) is 11.5 Å². The quantitative estimate of drug-likeness (QED) is 0.897. The fourth-order valence-corrected chi connectivity index (χ4v) is 2.51. The van der Waals surface area contributed by atoms with Crippen molar-refractivity contribution in [1.82, 2.24) is 0 Å². The maximum absolute atomic E-state index is 12.1. The highest BCUT2D eigenvalue weighted by Gasteiger charge is 2.23. The number of benzene rings is 2. The number of carbonyl (C=O) groups excluding carboxylic acids is 2. The average molecular weight is 340 g/mol. The Morgan fingerprint density at radius 1 is 1.28 bits per heavy atom. The van der Waals surface area contributed by atoms with Crippen molar-refractivity contribution in [1.29, 1.82) is 0 Å². The van der Waals surface area contributed by atoms with Gasteiger partial charge in [-0.1, -0.05) is 12.1 Å². The van der Waals surface area contributed by atoms with E-state index in [2.05, 4.69) is 10.6 Å². The lowest BCUT2D eigenvalue weighted by atomic mass is 10.1. The number of aryl methyl sites for hydroxylation is 1. The summed E-state index contributed by atoms with van der Waals surface area (Å²) in [6, 6.07) is 10.8. The van der Waals surface area contributed by atoms with Crippen LogP contribution in [0.15, 0.2) is 36.4 Å². The molecule has 1 heterocycles. The minimum atomic E-state index is -0.529. The molecule has 1 aliphatic heterocycles. The van der Waals surface area contributed by atoms with Crippen LogP contribution in [0.1, 0.15) is 18.1 Å². The van der Waals surface area contributed by atoms with Gasteiger partial charge in [0.15, 0.2) is 12.7 Å². The molecule has 2 aromatic carbocycles. The minimum absolute atomic E-state index is 0.0960. The molecule has 1 aliphatic rings. The summed E-state index contributed by atoms with van der Waals surface area (Å²) < 4.78 is 11.1. The Hall–Kier alpha value is -3.02. The van der Waals surface area contributed by atoms with Crippen molar-refractivity contribution in [2.75, 3.05) is 17.2 Å². The first-order valence-corrected chi connectivity index (χ1v) is 8.04. The summed E-state index contributed by atoms with van der Waals surface area (Å²) in [4.78, 5) is 23.8. The molecule has 25 heavy (non-hydrogen) atoms. The van der Waals surface area contributed by atoms with Gasteiger partial charge in [-0.05, 0) is 56.2 Å². The Labute approximate surface area is 146 Å². The van der Waals surface area contributed by atoms with E-state index in [4.69, 9.17) is 9.47 Å². The number of fused-ring (bicyclic) bond motifs is 1. The molecule has 2 aromatic rings. The van der Waals surface area contributed by atoms with Crippen molar-refractivity contribution >= 4 is 23.2 Å². The van der Waals surface area contributed by atoms with Crippen LogP contribution in [0.3, 0.4) is 0 Å². The third kappa shape index (κ3) is 3.74. The molecular formula is C19H20N2O4. The van der Waals surface area contributed by atoms with Crippen LogP contribution in [-0.4, -0.2) is 24.5 Å². The molecule has 1 atom stereocenters. The number of hydrogen-bond acceptors (Lipinski definition) is 4. The second-order valence-electron chi connectivity index (χ2n) is 6.00. The SMILES string of the molecule is Cc1cccc(OCC(=O)Nc2ccc3c(c2)NC(=O)[C@@H](C)O3)c1C. The molecule has 0 aromatic heterocycles. The lowest BCUT2D eigenvalue weighted by Crippen LogP contribution is -2.34. The first kappa shape index (κ1) is 16.8. The fourth-order valence-electron chi connectivity index (χ4n) is 2.51. The summed E-state index contributed by atoms with van der Waals surface area (Å²) in [5.74, 6) is 0.776. The third-order valence-corrected chi connectivity index (χ3v) is 4.11. The third-order valence-electron chi connectivity index (χ3n) is 4.11. The number of carbonyl (C=O) groups is 2. The predicted molar refractivity (Wildman–Crippen MR) is 95.2 cm³/mol. The molecule has 3 rings (SSSR count). The molecule has 6 heteroatoms. The van der Waals surface area contributed by atoms with Crippen LogP contribution < -0.4 is 20.1 Å². The lowest BCUT2D eigenvalue weighted by Gasteiger charge is -2.23. The molecule has 0 bridgehead atoms. The van der Waals surface area contributed by atoms with Crippen molar-refractivity contribution in [3.05, 3.63) is 47.5 Å². The topological polar surface area (TPSA) is 76.7 Å². The van der Waals surface area contributed by atoms with E-state index in [1.54, 1.807) is 25.1 Å². The average Bonchev–Trinajstić information content (AvgIpc) is 2.57. The van der Waals surface area contributed by atoms with Gasteiger partial charge in [-0.3, -0.25) is 9.59 Å². The maximum atomic E-state index is 12.1. The molecule has 0 radical (unpaired) electrons. The summed E-state index contributed by atoms with van der Waals surface area (Å²) >= 11 is 0. The van der Waals surface area contributed by atoms with E-state index in [-0.39, 0.29) is 18.4 Å². The van der Waals surface area contributed by atoms with Crippen molar-refractivity contribution in [2.45, 2.75) is 26.9 Å². The molecule has 130 valence electrons. The van der Waals surface area contributed by atoms with Crippen molar-refractivity contribution in [3.63, 3.8) is 0 Å². The van der Waals surface area contributed by atoms with E-state index in [1.807, 2.05) is 32.0 Å². The van der Waals surface area contributed by atoms with Crippen LogP contribution in [0.5, 0.6) is 11.5 Å². The molecule has 6 nitrogen and oxygen atoms in total. The minimum Gasteiger partial charge on any atom is -0.483 e. The van der Waals surface area contributed by atoms with Crippen molar-refractivity contribution in [2.24, 2.45) is 0 Å². The normalized spacial score (nSPS) is 15.6. The van der Waals surface area contributed by atoms with Crippen LogP contribution in [0.4, 0.5) is 11.4 Å². The Balaban J connectivity index is 1.63. The molecule has 0 spiro atoms. The highest BCUT2D eigenvalue weighted by Crippen LogP contribution is 2.32. The van der Waals surface area contributed by atoms with E-state index in [0.717, 1.165) is 11.1 Å². The molecule has 0 aliphatic carbocycles. The molecule has 2 amide bonds. The lowest BCUT2D eigenvalue weighted by molar-refractivity contribution is -0.122. The highest BCUT2D eigenvalue weighted by molar-refractivity contribution is 5.99. The van der Waals surface area contributed by atoms with Crippen LogP contribution in [0.2, 0.25) is 0 Å². The number of hydrogen-bond donors (Lipinski definition) is 2. The van der Waals surface area contributed by atoms with Gasteiger partial charge in [-0.15, -0.1) is 0 Å². The Bertz CT molecular complexity index is 832. The molecule has 0 saturated heterocycles. The summed E-state index contributed by atoms with van der Waals surface area (Å²) in [5, 5.41) is 5.50. The Kier molecular flexibility index (Phi) is 4.61. The zero-order valence-corrected chi connectivity index (χ0v) is 14.4. The molecule has 2 N–H and O–H groups in total. The van der Waals surface area contributed by atoms with Crippen LogP contribution >= 0.6 is 0 Å². The van der Waals surface area contributed by atoms with Gasteiger partial charge in [0.25, 0.3) is 11.8 Å². The van der Waals surface area contributed by atoms with E-state index < -0.39 is 6.10 Å². The first-order chi connectivity index (χ1) is 11.9. The van der Waals surface area contributed by atoms with Crippen molar-refractivity contribution < 1.29 is 19.1 Å². The number of rotatable bonds is 4. The summed E-state index contributed by atoms with van der Waals surface area (Å²) in [5.41, 5.74) is 3.22. The van der Waals surface area contributed by atoms with E-state index in [9.17, 15) is 9.59 Å². The van der Waals surface area contributed by atoms with Crippen LogP contribution in [0.25, 0.3) is 0 Å². The zero-order chi connectivity index (χ0) is 18.0. The second kappa shape index (κ2) is 6.84. The second-order valence-corrected chi connectivity index (χ2v) is 6.00. The number of nitrogens with one attached hydrogen (secondary N) is 2. The standard InChI is InChI=1S/C19H20N2O4/c1-11-5-4-6-16(12(11)2)24-10-18(22)20-14-7-8-17-15(9-14)21-19(23)13(3)25-17/h4-9,13H,10H2,1-3H3,(H,20,22)(H,21,23)/t13-/m1/s1. The van der Waals surface area contributed by atoms with Gasteiger partial charge >= 0.3 is 0 Å². The number of ether oxygens (including phenoxy) is 2. The van der Waals surface area contributed by atoms with E-state index >= 15 is 0 Å². The first-order valence-electron chi connectivity index (χ1n) is 8.04. The zero-order valence-electron chi connectivity index (χ0n) is 14.4. The van der Waals surface area contributed by atoms with Gasteiger partial charge < -0.3 is 20.1 Å². The fraction of sp³-hybridized carbons (Fsp3) is 0.263. The smallest absolute Gasteiger partial charge is 0.265 e.